The molecule has 0 fully saturated rings. The summed E-state index contributed by atoms with van der Waals surface area (Å²) in [6, 6.07) is 10.3. The molecule has 2 nitrogen and oxygen atoms in total. The summed E-state index contributed by atoms with van der Waals surface area (Å²) in [5.74, 6) is -1.84. The van der Waals surface area contributed by atoms with E-state index in [1.165, 1.54) is 11.6 Å². The monoisotopic (exact) mass is 262 g/mol. The third-order valence-electron chi connectivity index (χ3n) is 3.03. The Morgan fingerprint density at radius 3 is 2.26 bits per heavy atom. The number of nitrogen functional groups attached to an aromatic ring is 1. The molecule has 0 saturated carbocycles. The van der Waals surface area contributed by atoms with E-state index < -0.39 is 11.6 Å². The lowest BCUT2D eigenvalue weighted by Crippen LogP contribution is -2.06. The lowest BCUT2D eigenvalue weighted by Gasteiger charge is -2.11. The number of aryl methyl sites for hydroxylation is 1. The van der Waals surface area contributed by atoms with Gasteiger partial charge < -0.3 is 11.1 Å². The Bertz CT molecular complexity index is 565. The van der Waals surface area contributed by atoms with E-state index in [0.29, 0.717) is 6.54 Å². The molecular weight excluding hydrogens is 246 g/mol. The number of hydrogen-bond donors (Lipinski definition) is 2. The molecule has 0 radical (unpaired) electrons. The quantitative estimate of drug-likeness (QED) is 0.824. The fraction of sp³-hybridized carbons (Fsp3) is 0.200. The number of nitrogens with two attached hydrogens (primary N) is 1. The van der Waals surface area contributed by atoms with Gasteiger partial charge >= 0.3 is 0 Å². The minimum atomic E-state index is -0.940. The second-order valence-electron chi connectivity index (χ2n) is 4.35. The maximum atomic E-state index is 13.6. The lowest BCUT2D eigenvalue weighted by molar-refractivity contribution is 0.511. The highest BCUT2D eigenvalue weighted by Crippen LogP contribution is 2.25. The van der Waals surface area contributed by atoms with Crippen LogP contribution in [0.3, 0.4) is 0 Å². The molecule has 0 aromatic heterocycles. The number of benzene rings is 2. The van der Waals surface area contributed by atoms with Crippen molar-refractivity contribution >= 4 is 11.4 Å². The maximum absolute atomic E-state index is 13.6. The minimum absolute atomic E-state index is 0.0135. The fourth-order valence-electron chi connectivity index (χ4n) is 1.83. The summed E-state index contributed by atoms with van der Waals surface area (Å²) in [4.78, 5) is 0. The predicted molar refractivity (Wildman–Crippen MR) is 73.9 cm³/mol. The number of anilines is 2. The van der Waals surface area contributed by atoms with Crippen LogP contribution in [0.25, 0.3) is 0 Å². The Kier molecular flexibility index (Phi) is 4.00. The van der Waals surface area contributed by atoms with Gasteiger partial charge in [0.1, 0.15) is 0 Å². The summed E-state index contributed by atoms with van der Waals surface area (Å²) in [5, 5.41) is 2.84. The summed E-state index contributed by atoms with van der Waals surface area (Å²) in [7, 11) is 0. The standard InChI is InChI=1S/C15H16F2N2/c1-2-10-3-5-11(6-4-10)9-19-15-13(18)8-7-12(16)14(15)17/h3-8,19H,2,9,18H2,1H3. The van der Waals surface area contributed by atoms with Crippen LogP contribution in [0.1, 0.15) is 18.1 Å². The van der Waals surface area contributed by atoms with Crippen molar-refractivity contribution in [3.8, 4) is 0 Å². The van der Waals surface area contributed by atoms with Crippen LogP contribution in [0, 0.1) is 11.6 Å². The molecule has 0 aliphatic carbocycles. The van der Waals surface area contributed by atoms with E-state index in [-0.39, 0.29) is 11.4 Å². The largest absolute Gasteiger partial charge is 0.397 e. The van der Waals surface area contributed by atoms with E-state index >= 15 is 0 Å². The SMILES string of the molecule is CCc1ccc(CNc2c(N)ccc(F)c2F)cc1. The van der Waals surface area contributed by atoms with E-state index in [4.69, 9.17) is 5.73 Å². The third-order valence-corrected chi connectivity index (χ3v) is 3.03. The first-order chi connectivity index (χ1) is 9.11. The highest BCUT2D eigenvalue weighted by atomic mass is 19.2. The Morgan fingerprint density at radius 2 is 1.63 bits per heavy atom. The van der Waals surface area contributed by atoms with Crippen LogP contribution in [-0.2, 0) is 13.0 Å². The first kappa shape index (κ1) is 13.3. The van der Waals surface area contributed by atoms with Gasteiger partial charge in [-0.05, 0) is 29.7 Å². The molecule has 0 saturated heterocycles. The molecule has 0 aliphatic rings. The highest BCUT2D eigenvalue weighted by molar-refractivity contribution is 5.66. The summed E-state index contributed by atoms with van der Waals surface area (Å²) in [6.45, 7) is 2.48. The Hall–Kier alpha value is -2.10. The van der Waals surface area contributed by atoms with Crippen molar-refractivity contribution < 1.29 is 8.78 Å². The van der Waals surface area contributed by atoms with Crippen molar-refractivity contribution in [2.75, 3.05) is 11.1 Å². The lowest BCUT2D eigenvalue weighted by atomic mass is 10.1. The zero-order chi connectivity index (χ0) is 13.8. The number of hydrogen-bond acceptors (Lipinski definition) is 2. The van der Waals surface area contributed by atoms with E-state index in [1.807, 2.05) is 24.3 Å². The molecule has 2 aromatic carbocycles. The van der Waals surface area contributed by atoms with Gasteiger partial charge in [0.15, 0.2) is 11.6 Å². The summed E-state index contributed by atoms with van der Waals surface area (Å²) >= 11 is 0. The van der Waals surface area contributed by atoms with Crippen molar-refractivity contribution in [2.45, 2.75) is 19.9 Å². The van der Waals surface area contributed by atoms with E-state index in [0.717, 1.165) is 18.1 Å². The van der Waals surface area contributed by atoms with Gasteiger partial charge in [-0.2, -0.15) is 0 Å². The van der Waals surface area contributed by atoms with Crippen LogP contribution >= 0.6 is 0 Å². The predicted octanol–water partition coefficient (Wildman–Crippen LogP) is 3.72. The smallest absolute Gasteiger partial charge is 0.183 e. The van der Waals surface area contributed by atoms with Gasteiger partial charge in [0, 0.05) is 6.54 Å². The molecule has 0 heterocycles. The molecule has 0 unspecified atom stereocenters. The van der Waals surface area contributed by atoms with Gasteiger partial charge in [-0.1, -0.05) is 31.2 Å². The Balaban J connectivity index is 2.12. The van der Waals surface area contributed by atoms with Gasteiger partial charge in [-0.3, -0.25) is 0 Å². The Morgan fingerprint density at radius 1 is 1.00 bits per heavy atom. The normalized spacial score (nSPS) is 10.5. The van der Waals surface area contributed by atoms with Crippen molar-refractivity contribution in [2.24, 2.45) is 0 Å². The molecule has 0 atom stereocenters. The van der Waals surface area contributed by atoms with Crippen LogP contribution in [-0.4, -0.2) is 0 Å². The average Bonchev–Trinajstić information content (AvgIpc) is 2.44. The molecule has 0 amide bonds. The molecule has 2 aromatic rings. The summed E-state index contributed by atoms with van der Waals surface area (Å²) in [6.07, 6.45) is 0.971. The molecule has 0 spiro atoms. The first-order valence-corrected chi connectivity index (χ1v) is 6.17. The molecule has 0 aliphatic heterocycles. The van der Waals surface area contributed by atoms with Crippen LogP contribution in [0.4, 0.5) is 20.2 Å². The molecule has 100 valence electrons. The van der Waals surface area contributed by atoms with E-state index in [1.54, 1.807) is 0 Å². The first-order valence-electron chi connectivity index (χ1n) is 6.17. The molecule has 0 bridgehead atoms. The molecule has 3 N–H and O–H groups in total. The molecule has 2 rings (SSSR count). The van der Waals surface area contributed by atoms with Gasteiger partial charge in [-0.15, -0.1) is 0 Å². The van der Waals surface area contributed by atoms with Crippen LogP contribution in [0.2, 0.25) is 0 Å². The minimum Gasteiger partial charge on any atom is -0.397 e. The number of nitrogens with one attached hydrogen (secondary N) is 1. The summed E-state index contributed by atoms with van der Waals surface area (Å²) < 4.78 is 26.7. The van der Waals surface area contributed by atoms with Crippen LogP contribution in [0.15, 0.2) is 36.4 Å². The van der Waals surface area contributed by atoms with Crippen molar-refractivity contribution in [1.82, 2.24) is 0 Å². The van der Waals surface area contributed by atoms with Gasteiger partial charge in [0.2, 0.25) is 0 Å². The zero-order valence-electron chi connectivity index (χ0n) is 10.7. The maximum Gasteiger partial charge on any atom is 0.183 e. The number of halogens is 2. The van der Waals surface area contributed by atoms with Gasteiger partial charge in [0.05, 0.1) is 11.4 Å². The van der Waals surface area contributed by atoms with Crippen LogP contribution in [0.5, 0.6) is 0 Å². The summed E-state index contributed by atoms with van der Waals surface area (Å²) in [5.41, 5.74) is 8.07. The van der Waals surface area contributed by atoms with Gasteiger partial charge in [0.25, 0.3) is 0 Å². The number of rotatable bonds is 4. The average molecular weight is 262 g/mol. The topological polar surface area (TPSA) is 38.0 Å². The van der Waals surface area contributed by atoms with E-state index in [2.05, 4.69) is 12.2 Å². The van der Waals surface area contributed by atoms with Crippen LogP contribution < -0.4 is 11.1 Å². The van der Waals surface area contributed by atoms with Gasteiger partial charge in [-0.25, -0.2) is 8.78 Å². The second kappa shape index (κ2) is 5.69. The highest BCUT2D eigenvalue weighted by Gasteiger charge is 2.11. The van der Waals surface area contributed by atoms with Crippen molar-refractivity contribution in [1.29, 1.82) is 0 Å². The molecule has 4 heteroatoms. The fourth-order valence-corrected chi connectivity index (χ4v) is 1.83. The second-order valence-corrected chi connectivity index (χ2v) is 4.35. The third kappa shape index (κ3) is 3.02. The zero-order valence-corrected chi connectivity index (χ0v) is 10.7. The molecular formula is C15H16F2N2. The van der Waals surface area contributed by atoms with Crippen molar-refractivity contribution in [3.63, 3.8) is 0 Å². The van der Waals surface area contributed by atoms with E-state index in [9.17, 15) is 8.78 Å². The Labute approximate surface area is 111 Å². The molecule has 19 heavy (non-hydrogen) atoms. The van der Waals surface area contributed by atoms with Crippen molar-refractivity contribution in [3.05, 3.63) is 59.2 Å².